The Bertz CT molecular complexity index is 1120. The number of nitrogens with zero attached hydrogens (tertiary/aromatic N) is 3. The maximum atomic E-state index is 13.3. The monoisotopic (exact) mass is 441 g/mol. The van der Waals surface area contributed by atoms with E-state index in [2.05, 4.69) is 20.6 Å². The first-order valence-electron chi connectivity index (χ1n) is 10.3. The van der Waals surface area contributed by atoms with Crippen LogP contribution in [-0.4, -0.2) is 46.3 Å². The molecule has 0 spiro atoms. The first kappa shape index (κ1) is 21.2. The van der Waals surface area contributed by atoms with Gasteiger partial charge in [0.25, 0.3) is 5.91 Å². The van der Waals surface area contributed by atoms with Crippen LogP contribution in [0.5, 0.6) is 0 Å². The van der Waals surface area contributed by atoms with Crippen molar-refractivity contribution in [1.29, 1.82) is 0 Å². The lowest BCUT2D eigenvalue weighted by molar-refractivity contribution is -0.127. The Kier molecular flexibility index (Phi) is 6.41. The number of rotatable bonds is 8. The maximum absolute atomic E-state index is 13.3. The quantitative estimate of drug-likeness (QED) is 0.523. The normalized spacial score (nSPS) is 13.7. The Labute approximate surface area is 183 Å². The van der Waals surface area contributed by atoms with E-state index in [1.807, 2.05) is 11.8 Å². The zero-order valence-electron chi connectivity index (χ0n) is 17.3. The van der Waals surface area contributed by atoms with E-state index in [0.29, 0.717) is 29.2 Å². The van der Waals surface area contributed by atoms with Crippen molar-refractivity contribution < 1.29 is 14.0 Å². The lowest BCUT2D eigenvalue weighted by Crippen LogP contribution is -2.27. The van der Waals surface area contributed by atoms with Crippen LogP contribution in [0.2, 0.25) is 0 Å². The molecule has 162 valence electrons. The number of halogens is 1. The number of aromatic nitrogens is 2. The SMILES string of the molecule is Cc1c(C(=O)NCc2cccc(F)c2)sc2ncnc(NCCCN3CCCC3=O)c12. The van der Waals surface area contributed by atoms with E-state index >= 15 is 0 Å². The van der Waals surface area contributed by atoms with Gasteiger partial charge < -0.3 is 15.5 Å². The molecule has 0 atom stereocenters. The minimum absolute atomic E-state index is 0.219. The summed E-state index contributed by atoms with van der Waals surface area (Å²) in [4.78, 5) is 36.3. The molecule has 1 aliphatic heterocycles. The Morgan fingerprint density at radius 1 is 1.32 bits per heavy atom. The number of fused-ring (bicyclic) bond motifs is 1. The van der Waals surface area contributed by atoms with E-state index in [-0.39, 0.29) is 24.2 Å². The molecule has 3 aromatic rings. The van der Waals surface area contributed by atoms with Gasteiger partial charge in [0.1, 0.15) is 22.8 Å². The third-order valence-electron chi connectivity index (χ3n) is 5.34. The van der Waals surface area contributed by atoms with Gasteiger partial charge in [0, 0.05) is 32.6 Å². The highest BCUT2D eigenvalue weighted by Gasteiger charge is 2.20. The lowest BCUT2D eigenvalue weighted by atomic mass is 10.2. The molecule has 2 amide bonds. The maximum Gasteiger partial charge on any atom is 0.261 e. The van der Waals surface area contributed by atoms with E-state index < -0.39 is 0 Å². The number of hydrogen-bond acceptors (Lipinski definition) is 6. The summed E-state index contributed by atoms with van der Waals surface area (Å²) in [6.07, 6.45) is 3.90. The molecular formula is C22H24FN5O2S. The second-order valence-corrected chi connectivity index (χ2v) is 8.53. The highest BCUT2D eigenvalue weighted by molar-refractivity contribution is 7.20. The van der Waals surface area contributed by atoms with Crippen LogP contribution in [0.3, 0.4) is 0 Å². The molecule has 3 heterocycles. The van der Waals surface area contributed by atoms with Gasteiger partial charge in [0.2, 0.25) is 5.91 Å². The van der Waals surface area contributed by atoms with Crippen molar-refractivity contribution in [3.63, 3.8) is 0 Å². The average molecular weight is 442 g/mol. The zero-order chi connectivity index (χ0) is 21.8. The van der Waals surface area contributed by atoms with Crippen LogP contribution >= 0.6 is 11.3 Å². The first-order valence-corrected chi connectivity index (χ1v) is 11.1. The molecule has 0 radical (unpaired) electrons. The fourth-order valence-corrected chi connectivity index (χ4v) is 4.81. The summed E-state index contributed by atoms with van der Waals surface area (Å²) in [5.74, 6) is 0.371. The van der Waals surface area contributed by atoms with Gasteiger partial charge in [-0.05, 0) is 43.0 Å². The minimum atomic E-state index is -0.329. The third-order valence-corrected chi connectivity index (χ3v) is 6.54. The van der Waals surface area contributed by atoms with Gasteiger partial charge in [-0.3, -0.25) is 9.59 Å². The Morgan fingerprint density at radius 2 is 2.19 bits per heavy atom. The molecule has 31 heavy (non-hydrogen) atoms. The standard InChI is InChI=1S/C22H24FN5O2S/c1-14-18-20(24-8-4-10-28-9-3-7-17(28)29)26-13-27-22(18)31-19(14)21(30)25-12-15-5-2-6-16(23)11-15/h2,5-6,11,13H,3-4,7-10,12H2,1H3,(H,25,30)(H,24,26,27). The summed E-state index contributed by atoms with van der Waals surface area (Å²) in [5.41, 5.74) is 1.51. The summed E-state index contributed by atoms with van der Waals surface area (Å²) >= 11 is 1.31. The second kappa shape index (κ2) is 9.38. The molecule has 7 nitrogen and oxygen atoms in total. The van der Waals surface area contributed by atoms with E-state index in [0.717, 1.165) is 41.7 Å². The molecule has 0 saturated carbocycles. The number of nitrogens with one attached hydrogen (secondary N) is 2. The summed E-state index contributed by atoms with van der Waals surface area (Å²) in [7, 11) is 0. The van der Waals surface area contributed by atoms with Crippen molar-refractivity contribution >= 4 is 39.2 Å². The van der Waals surface area contributed by atoms with Crippen molar-refractivity contribution in [3.8, 4) is 0 Å². The van der Waals surface area contributed by atoms with E-state index in [1.54, 1.807) is 12.1 Å². The molecular weight excluding hydrogens is 417 g/mol. The largest absolute Gasteiger partial charge is 0.369 e. The molecule has 1 aliphatic rings. The number of likely N-dealkylation sites (tertiary alicyclic amines) is 1. The van der Waals surface area contributed by atoms with Crippen LogP contribution in [0.1, 0.15) is 40.1 Å². The zero-order valence-corrected chi connectivity index (χ0v) is 18.1. The summed E-state index contributed by atoms with van der Waals surface area (Å²) in [6.45, 7) is 4.38. The smallest absolute Gasteiger partial charge is 0.261 e. The van der Waals surface area contributed by atoms with Gasteiger partial charge in [-0.1, -0.05) is 12.1 Å². The molecule has 1 saturated heterocycles. The van der Waals surface area contributed by atoms with Crippen LogP contribution in [0.15, 0.2) is 30.6 Å². The number of carbonyl (C=O) groups excluding carboxylic acids is 2. The molecule has 0 aliphatic carbocycles. The fourth-order valence-electron chi connectivity index (χ4n) is 3.75. The number of benzene rings is 1. The molecule has 0 unspecified atom stereocenters. The molecule has 4 rings (SSSR count). The third kappa shape index (κ3) is 4.82. The molecule has 1 fully saturated rings. The van der Waals surface area contributed by atoms with Gasteiger partial charge in [-0.15, -0.1) is 11.3 Å². The topological polar surface area (TPSA) is 87.2 Å². The highest BCUT2D eigenvalue weighted by atomic mass is 32.1. The second-order valence-electron chi connectivity index (χ2n) is 7.54. The summed E-state index contributed by atoms with van der Waals surface area (Å²) in [6, 6.07) is 6.16. The van der Waals surface area contributed by atoms with Crippen molar-refractivity contribution in [2.24, 2.45) is 0 Å². The fraction of sp³-hybridized carbons (Fsp3) is 0.364. The minimum Gasteiger partial charge on any atom is -0.369 e. The molecule has 9 heteroatoms. The molecule has 1 aromatic carbocycles. The molecule has 0 bridgehead atoms. The number of hydrogen-bond donors (Lipinski definition) is 2. The van der Waals surface area contributed by atoms with E-state index in [4.69, 9.17) is 0 Å². The predicted molar refractivity (Wildman–Crippen MR) is 119 cm³/mol. The predicted octanol–water partition coefficient (Wildman–Crippen LogP) is 3.49. The highest BCUT2D eigenvalue weighted by Crippen LogP contribution is 2.33. The van der Waals surface area contributed by atoms with Crippen LogP contribution in [0.4, 0.5) is 10.2 Å². The summed E-state index contributed by atoms with van der Waals surface area (Å²) < 4.78 is 13.3. The van der Waals surface area contributed by atoms with Crippen molar-refractivity contribution in [2.75, 3.05) is 25.0 Å². The van der Waals surface area contributed by atoms with Crippen LogP contribution < -0.4 is 10.6 Å². The summed E-state index contributed by atoms with van der Waals surface area (Å²) in [5, 5.41) is 7.01. The van der Waals surface area contributed by atoms with Crippen LogP contribution in [0.25, 0.3) is 10.2 Å². The Balaban J connectivity index is 1.41. The Morgan fingerprint density at radius 3 is 2.97 bits per heavy atom. The number of amides is 2. The number of carbonyl (C=O) groups is 2. The van der Waals surface area contributed by atoms with Gasteiger partial charge >= 0.3 is 0 Å². The van der Waals surface area contributed by atoms with E-state index in [9.17, 15) is 14.0 Å². The van der Waals surface area contributed by atoms with Crippen molar-refractivity contribution in [1.82, 2.24) is 20.2 Å². The van der Waals surface area contributed by atoms with Crippen molar-refractivity contribution in [3.05, 3.63) is 52.4 Å². The molecule has 2 aromatic heterocycles. The number of aryl methyl sites for hydroxylation is 1. The van der Waals surface area contributed by atoms with Crippen molar-refractivity contribution in [2.45, 2.75) is 32.7 Å². The van der Waals surface area contributed by atoms with Crippen LogP contribution in [0, 0.1) is 12.7 Å². The van der Waals surface area contributed by atoms with Crippen LogP contribution in [-0.2, 0) is 11.3 Å². The van der Waals surface area contributed by atoms with Gasteiger partial charge in [-0.25, -0.2) is 14.4 Å². The van der Waals surface area contributed by atoms with Gasteiger partial charge in [0.05, 0.1) is 10.3 Å². The lowest BCUT2D eigenvalue weighted by Gasteiger charge is -2.15. The molecule has 2 N–H and O–H groups in total. The van der Waals surface area contributed by atoms with Gasteiger partial charge in [0.15, 0.2) is 0 Å². The number of anilines is 1. The average Bonchev–Trinajstić information content (AvgIpc) is 3.33. The Hall–Kier alpha value is -3.07. The van der Waals surface area contributed by atoms with E-state index in [1.165, 1.54) is 29.8 Å². The first-order chi connectivity index (χ1) is 15.0. The number of thiophene rings is 1. The van der Waals surface area contributed by atoms with Gasteiger partial charge in [-0.2, -0.15) is 0 Å².